The van der Waals surface area contributed by atoms with E-state index in [2.05, 4.69) is 36.7 Å². The van der Waals surface area contributed by atoms with E-state index in [4.69, 9.17) is 0 Å². The van der Waals surface area contributed by atoms with Gasteiger partial charge in [-0.1, -0.05) is 37.8 Å². The summed E-state index contributed by atoms with van der Waals surface area (Å²) in [6.07, 6.45) is 12.0. The molecule has 0 aromatic heterocycles. The summed E-state index contributed by atoms with van der Waals surface area (Å²) >= 11 is 0. The molecule has 0 saturated carbocycles. The van der Waals surface area contributed by atoms with Crippen molar-refractivity contribution in [1.82, 2.24) is 0 Å². The zero-order chi connectivity index (χ0) is 9.68. The Morgan fingerprint density at radius 2 is 2.31 bits per heavy atom. The number of hydrogen-bond acceptors (Lipinski definition) is 1. The lowest BCUT2D eigenvalue weighted by Crippen LogP contribution is -1.95. The van der Waals surface area contributed by atoms with Gasteiger partial charge in [-0.05, 0) is 18.6 Å². The summed E-state index contributed by atoms with van der Waals surface area (Å²) in [7, 11) is 0. The maximum absolute atomic E-state index is 4.27. The highest BCUT2D eigenvalue weighted by Crippen LogP contribution is 2.17. The third-order valence-corrected chi connectivity index (χ3v) is 2.04. The molecule has 0 aliphatic heterocycles. The lowest BCUT2D eigenvalue weighted by Gasteiger charge is -2.09. The van der Waals surface area contributed by atoms with Crippen LogP contribution in [0.2, 0.25) is 0 Å². The third-order valence-electron chi connectivity index (χ3n) is 2.04. The van der Waals surface area contributed by atoms with E-state index < -0.39 is 0 Å². The third kappa shape index (κ3) is 2.86. The molecule has 1 nitrogen and oxygen atoms in total. The van der Waals surface area contributed by atoms with Gasteiger partial charge in [0.2, 0.25) is 0 Å². The van der Waals surface area contributed by atoms with E-state index in [9.17, 15) is 0 Å². The molecule has 0 bridgehead atoms. The lowest BCUT2D eigenvalue weighted by molar-refractivity contribution is 0.879. The lowest BCUT2D eigenvalue weighted by atomic mass is 9.98. The maximum Gasteiger partial charge on any atom is 0.0366 e. The summed E-state index contributed by atoms with van der Waals surface area (Å²) in [6.45, 7) is 7.75. The molecule has 0 aromatic rings. The van der Waals surface area contributed by atoms with Crippen LogP contribution in [0.15, 0.2) is 53.7 Å². The van der Waals surface area contributed by atoms with Gasteiger partial charge in [0.05, 0.1) is 0 Å². The van der Waals surface area contributed by atoms with Gasteiger partial charge < -0.3 is 0 Å². The van der Waals surface area contributed by atoms with E-state index in [1.54, 1.807) is 6.08 Å². The van der Waals surface area contributed by atoms with Crippen LogP contribution in [-0.2, 0) is 0 Å². The average molecular weight is 173 g/mol. The van der Waals surface area contributed by atoms with Crippen LogP contribution in [0.1, 0.15) is 13.8 Å². The summed E-state index contributed by atoms with van der Waals surface area (Å²) in [5.41, 5.74) is 2.19. The first-order valence-corrected chi connectivity index (χ1v) is 4.46. The molecular formula is C12H15N. The average Bonchev–Trinajstić information content (AvgIpc) is 2.16. The largest absolute Gasteiger partial charge is 0.261 e. The summed E-state index contributed by atoms with van der Waals surface area (Å²) < 4.78 is 0. The van der Waals surface area contributed by atoms with Crippen LogP contribution >= 0.6 is 0 Å². The molecule has 1 aliphatic rings. The van der Waals surface area contributed by atoms with Crippen molar-refractivity contribution < 1.29 is 0 Å². The highest BCUT2D eigenvalue weighted by molar-refractivity contribution is 5.92. The summed E-state index contributed by atoms with van der Waals surface area (Å²) in [6, 6.07) is 0. The molecule has 1 rings (SSSR count). The van der Waals surface area contributed by atoms with E-state index in [0.717, 1.165) is 5.71 Å². The number of aliphatic imine (C=N–C) groups is 1. The van der Waals surface area contributed by atoms with Crippen LogP contribution in [0.3, 0.4) is 0 Å². The van der Waals surface area contributed by atoms with Crippen molar-refractivity contribution in [2.45, 2.75) is 13.8 Å². The molecule has 68 valence electrons. The smallest absolute Gasteiger partial charge is 0.0366 e. The Balaban J connectivity index is 2.77. The van der Waals surface area contributed by atoms with Gasteiger partial charge >= 0.3 is 0 Å². The molecule has 13 heavy (non-hydrogen) atoms. The van der Waals surface area contributed by atoms with Gasteiger partial charge in [0.15, 0.2) is 0 Å². The standard InChI is InChI=1S/C12H15N/c1-4-11(3)13-9-12-8-6-5-7-10(12)2/h4-10H,1H2,2-3H3/b12-9-,13-11?. The molecule has 0 radical (unpaired) electrons. The normalized spacial score (nSPS) is 25.2. The highest BCUT2D eigenvalue weighted by Gasteiger charge is 2.03. The van der Waals surface area contributed by atoms with E-state index in [1.165, 1.54) is 5.57 Å². The van der Waals surface area contributed by atoms with Crippen LogP contribution in [0.4, 0.5) is 0 Å². The Kier molecular flexibility index (Phi) is 3.44. The van der Waals surface area contributed by atoms with Gasteiger partial charge in [-0.15, -0.1) is 0 Å². The fraction of sp³-hybridized carbons (Fsp3) is 0.250. The molecule has 0 fully saturated rings. The molecule has 0 N–H and O–H groups in total. The molecule has 1 atom stereocenters. The number of allylic oxidation sites excluding steroid dienone is 6. The summed E-state index contributed by atoms with van der Waals surface area (Å²) in [5, 5.41) is 0. The van der Waals surface area contributed by atoms with Crippen LogP contribution < -0.4 is 0 Å². The molecule has 0 saturated heterocycles. The second-order valence-corrected chi connectivity index (χ2v) is 3.14. The van der Waals surface area contributed by atoms with Crippen molar-refractivity contribution >= 4 is 5.71 Å². The van der Waals surface area contributed by atoms with Gasteiger partial charge in [0.25, 0.3) is 0 Å². The van der Waals surface area contributed by atoms with Gasteiger partial charge in [-0.2, -0.15) is 0 Å². The van der Waals surface area contributed by atoms with Crippen LogP contribution in [-0.4, -0.2) is 5.71 Å². The van der Waals surface area contributed by atoms with Gasteiger partial charge in [-0.25, -0.2) is 0 Å². The first-order chi connectivity index (χ1) is 6.24. The van der Waals surface area contributed by atoms with Crippen molar-refractivity contribution in [3.05, 3.63) is 48.7 Å². The molecule has 0 aromatic carbocycles. The van der Waals surface area contributed by atoms with E-state index in [0.29, 0.717) is 5.92 Å². The topological polar surface area (TPSA) is 12.4 Å². The van der Waals surface area contributed by atoms with Crippen molar-refractivity contribution in [3.8, 4) is 0 Å². The molecule has 0 spiro atoms. The fourth-order valence-corrected chi connectivity index (χ4v) is 1.05. The second kappa shape index (κ2) is 4.61. The van der Waals surface area contributed by atoms with Crippen LogP contribution in [0.5, 0.6) is 0 Å². The first-order valence-electron chi connectivity index (χ1n) is 4.46. The van der Waals surface area contributed by atoms with Crippen molar-refractivity contribution in [1.29, 1.82) is 0 Å². The Hall–Kier alpha value is -1.37. The molecule has 0 amide bonds. The van der Waals surface area contributed by atoms with E-state index >= 15 is 0 Å². The minimum absolute atomic E-state index is 0.464. The number of hydrogen-bond donors (Lipinski definition) is 0. The maximum atomic E-state index is 4.27. The van der Waals surface area contributed by atoms with Crippen molar-refractivity contribution in [2.75, 3.05) is 0 Å². The van der Waals surface area contributed by atoms with Gasteiger partial charge in [0, 0.05) is 17.8 Å². The molecule has 1 aliphatic carbocycles. The van der Waals surface area contributed by atoms with Crippen LogP contribution in [0.25, 0.3) is 0 Å². The van der Waals surface area contributed by atoms with Crippen LogP contribution in [0, 0.1) is 5.92 Å². The van der Waals surface area contributed by atoms with E-state index in [1.807, 2.05) is 19.2 Å². The van der Waals surface area contributed by atoms with Crippen molar-refractivity contribution in [2.24, 2.45) is 10.9 Å². The van der Waals surface area contributed by atoms with Gasteiger partial charge in [0.1, 0.15) is 0 Å². The molecular weight excluding hydrogens is 158 g/mol. The monoisotopic (exact) mass is 173 g/mol. The van der Waals surface area contributed by atoms with Crippen molar-refractivity contribution in [3.63, 3.8) is 0 Å². The number of nitrogens with zero attached hydrogens (tertiary/aromatic N) is 1. The molecule has 1 heteroatoms. The molecule has 0 heterocycles. The summed E-state index contributed by atoms with van der Waals surface area (Å²) in [5.74, 6) is 0.464. The SMILES string of the molecule is C=CC(C)=N/C=C1/C=CC=CC1C. The zero-order valence-corrected chi connectivity index (χ0v) is 8.20. The zero-order valence-electron chi connectivity index (χ0n) is 8.20. The Morgan fingerprint density at radius 1 is 1.54 bits per heavy atom. The predicted octanol–water partition coefficient (Wildman–Crippen LogP) is 3.28. The Labute approximate surface area is 79.9 Å². The van der Waals surface area contributed by atoms with Gasteiger partial charge in [-0.3, -0.25) is 4.99 Å². The predicted molar refractivity (Wildman–Crippen MR) is 58.8 cm³/mol. The quantitative estimate of drug-likeness (QED) is 0.568. The Bertz CT molecular complexity index is 303. The highest BCUT2D eigenvalue weighted by atomic mass is 14.7. The number of rotatable bonds is 2. The fourth-order valence-electron chi connectivity index (χ4n) is 1.05. The summed E-state index contributed by atoms with van der Waals surface area (Å²) in [4.78, 5) is 4.27. The van der Waals surface area contributed by atoms with E-state index in [-0.39, 0.29) is 0 Å². The first kappa shape index (κ1) is 9.72. The molecule has 1 unspecified atom stereocenters. The minimum Gasteiger partial charge on any atom is -0.261 e. The Morgan fingerprint density at radius 3 is 2.92 bits per heavy atom. The second-order valence-electron chi connectivity index (χ2n) is 3.14. The minimum atomic E-state index is 0.464.